The molecule has 0 atom stereocenters. The van der Waals surface area contributed by atoms with Gasteiger partial charge in [0.15, 0.2) is 5.58 Å². The molecule has 4 rings (SSSR count). The number of pyridine rings is 1. The summed E-state index contributed by atoms with van der Waals surface area (Å²) in [6.07, 6.45) is 0. The number of benzene rings is 2. The van der Waals surface area contributed by atoms with Crippen molar-refractivity contribution in [3.05, 3.63) is 67.0 Å². The first-order chi connectivity index (χ1) is 11.0. The quantitative estimate of drug-likeness (QED) is 0.401. The topological polar surface area (TPSA) is 46.0 Å². The van der Waals surface area contributed by atoms with Gasteiger partial charge in [-0.2, -0.15) is 0 Å². The molecule has 0 saturated heterocycles. The van der Waals surface area contributed by atoms with E-state index in [0.29, 0.717) is 27.3 Å². The summed E-state index contributed by atoms with van der Waals surface area (Å²) in [6, 6.07) is 13.4. The maximum atomic E-state index is 12.4. The monoisotopic (exact) mass is 435 g/mol. The molecule has 5 heteroatoms. The van der Waals surface area contributed by atoms with Crippen LogP contribution in [-0.4, -0.2) is 4.98 Å². The van der Waals surface area contributed by atoms with Crippen molar-refractivity contribution >= 4 is 56.3 Å². The summed E-state index contributed by atoms with van der Waals surface area (Å²) in [7, 11) is 0. The Balaban J connectivity index is 2.20. The second-order valence-electron chi connectivity index (χ2n) is 5.41. The largest absolute Gasteiger partial charge is 0.454 e. The Hall–Kier alpha value is -1.79. The van der Waals surface area contributed by atoms with Gasteiger partial charge in [0, 0.05) is 25.1 Å². The summed E-state index contributed by atoms with van der Waals surface area (Å²) >= 11 is 8.35. The summed E-state index contributed by atoms with van der Waals surface area (Å²) in [5.74, 6) is 0. The highest BCUT2D eigenvalue weighted by Gasteiger charge is 2.17. The predicted molar refractivity (Wildman–Crippen MR) is 102 cm³/mol. The number of furan rings is 1. The van der Waals surface area contributed by atoms with Crippen LogP contribution in [0.3, 0.4) is 0 Å². The van der Waals surface area contributed by atoms with E-state index in [2.05, 4.69) is 27.6 Å². The highest BCUT2D eigenvalue weighted by Crippen LogP contribution is 2.36. The number of nitrogens with one attached hydrogen (secondary N) is 1. The van der Waals surface area contributed by atoms with E-state index in [0.717, 1.165) is 20.1 Å². The number of aromatic nitrogens is 1. The van der Waals surface area contributed by atoms with Gasteiger partial charge in [0.05, 0.1) is 5.52 Å². The molecule has 3 nitrogen and oxygen atoms in total. The average Bonchev–Trinajstić information content (AvgIpc) is 2.86. The zero-order valence-electron chi connectivity index (χ0n) is 12.1. The first-order valence-corrected chi connectivity index (χ1v) is 8.51. The zero-order valence-corrected chi connectivity index (χ0v) is 15.0. The highest BCUT2D eigenvalue weighted by atomic mass is 127. The molecule has 114 valence electrons. The number of fused-ring (bicyclic) bond motifs is 3. The van der Waals surface area contributed by atoms with Crippen LogP contribution in [0.25, 0.3) is 33.2 Å². The van der Waals surface area contributed by atoms with Gasteiger partial charge in [0.2, 0.25) is 0 Å². The van der Waals surface area contributed by atoms with Crippen LogP contribution >= 0.6 is 34.2 Å². The first-order valence-electron chi connectivity index (χ1n) is 7.05. The van der Waals surface area contributed by atoms with E-state index >= 15 is 0 Å². The minimum absolute atomic E-state index is 0.117. The van der Waals surface area contributed by atoms with Crippen molar-refractivity contribution in [2.75, 3.05) is 0 Å². The van der Waals surface area contributed by atoms with Crippen LogP contribution in [-0.2, 0) is 0 Å². The normalized spacial score (nSPS) is 11.4. The van der Waals surface area contributed by atoms with Crippen molar-refractivity contribution < 1.29 is 4.42 Å². The number of H-pyrrole nitrogens is 1. The third-order valence-corrected chi connectivity index (χ3v) is 4.85. The summed E-state index contributed by atoms with van der Waals surface area (Å²) < 4.78 is 7.14. The molecule has 0 bridgehead atoms. The molecule has 0 aliphatic carbocycles. The first kappa shape index (κ1) is 14.8. The van der Waals surface area contributed by atoms with Gasteiger partial charge in [0.25, 0.3) is 5.56 Å². The SMILES string of the molecule is Cc1c(-c2cccc(I)c2)c2oc3ccc(Cl)cc3c2[nH]c1=O. The fourth-order valence-electron chi connectivity index (χ4n) is 2.85. The third kappa shape index (κ3) is 2.37. The van der Waals surface area contributed by atoms with E-state index in [4.69, 9.17) is 16.0 Å². The fourth-order valence-corrected chi connectivity index (χ4v) is 3.57. The van der Waals surface area contributed by atoms with Crippen molar-refractivity contribution in [2.45, 2.75) is 6.92 Å². The van der Waals surface area contributed by atoms with Crippen molar-refractivity contribution in [2.24, 2.45) is 0 Å². The molecule has 2 heterocycles. The van der Waals surface area contributed by atoms with Crippen LogP contribution in [0.1, 0.15) is 5.56 Å². The fraction of sp³-hybridized carbons (Fsp3) is 0.0556. The highest BCUT2D eigenvalue weighted by molar-refractivity contribution is 14.1. The van der Waals surface area contributed by atoms with Gasteiger partial charge in [-0.05, 0) is 65.4 Å². The number of hydrogen-bond acceptors (Lipinski definition) is 2. The lowest BCUT2D eigenvalue weighted by Gasteiger charge is -2.06. The second-order valence-corrected chi connectivity index (χ2v) is 7.09. The molecule has 23 heavy (non-hydrogen) atoms. The average molecular weight is 436 g/mol. The van der Waals surface area contributed by atoms with Crippen LogP contribution in [0.5, 0.6) is 0 Å². The van der Waals surface area contributed by atoms with E-state index in [1.807, 2.05) is 43.3 Å². The molecule has 2 aromatic carbocycles. The molecule has 0 fully saturated rings. The van der Waals surface area contributed by atoms with Gasteiger partial charge in [-0.15, -0.1) is 0 Å². The van der Waals surface area contributed by atoms with Crippen LogP contribution in [0.15, 0.2) is 51.7 Å². The molecule has 0 aliphatic rings. The number of halogens is 2. The van der Waals surface area contributed by atoms with E-state index in [-0.39, 0.29) is 5.56 Å². The lowest BCUT2D eigenvalue weighted by atomic mass is 10.0. The Morgan fingerprint density at radius 3 is 2.78 bits per heavy atom. The van der Waals surface area contributed by atoms with E-state index in [9.17, 15) is 4.79 Å². The standard InChI is InChI=1S/C18H11ClINO2/c1-9-15(10-3-2-4-12(20)7-10)17-16(21-18(9)22)13-8-11(19)5-6-14(13)23-17/h2-8H,1H3,(H,21,22). The molecule has 0 saturated carbocycles. The Bertz CT molecular complexity index is 1130. The molecule has 4 aromatic rings. The van der Waals surface area contributed by atoms with Crippen molar-refractivity contribution in [3.8, 4) is 11.1 Å². The second kappa shape index (κ2) is 5.39. The predicted octanol–water partition coefficient (Wildman–Crippen LogP) is 5.51. The van der Waals surface area contributed by atoms with Gasteiger partial charge in [-0.25, -0.2) is 0 Å². The third-order valence-electron chi connectivity index (χ3n) is 3.94. The van der Waals surface area contributed by atoms with Crippen LogP contribution in [0.4, 0.5) is 0 Å². The Morgan fingerprint density at radius 1 is 1.17 bits per heavy atom. The maximum Gasteiger partial charge on any atom is 0.252 e. The summed E-state index contributed by atoms with van der Waals surface area (Å²) in [5.41, 5.74) is 4.40. The molecule has 2 aromatic heterocycles. The molecular formula is C18H11ClINO2. The smallest absolute Gasteiger partial charge is 0.252 e. The number of aromatic amines is 1. The summed E-state index contributed by atoms with van der Waals surface area (Å²) in [4.78, 5) is 15.3. The molecule has 0 aliphatic heterocycles. The lowest BCUT2D eigenvalue weighted by molar-refractivity contribution is 0.668. The summed E-state index contributed by atoms with van der Waals surface area (Å²) in [6.45, 7) is 1.81. The molecule has 1 N–H and O–H groups in total. The molecule has 0 unspecified atom stereocenters. The number of hydrogen-bond donors (Lipinski definition) is 1. The van der Waals surface area contributed by atoms with Gasteiger partial charge < -0.3 is 9.40 Å². The van der Waals surface area contributed by atoms with E-state index in [1.165, 1.54) is 0 Å². The van der Waals surface area contributed by atoms with Gasteiger partial charge in [-0.3, -0.25) is 4.79 Å². The van der Waals surface area contributed by atoms with Crippen molar-refractivity contribution in [1.29, 1.82) is 0 Å². The summed E-state index contributed by atoms with van der Waals surface area (Å²) in [5, 5.41) is 1.42. The van der Waals surface area contributed by atoms with Crippen molar-refractivity contribution in [1.82, 2.24) is 4.98 Å². The minimum atomic E-state index is -0.117. The van der Waals surface area contributed by atoms with Crippen LogP contribution < -0.4 is 5.56 Å². The zero-order chi connectivity index (χ0) is 16.1. The van der Waals surface area contributed by atoms with Gasteiger partial charge >= 0.3 is 0 Å². The van der Waals surface area contributed by atoms with E-state index < -0.39 is 0 Å². The molecular weight excluding hydrogens is 425 g/mol. The molecule has 0 amide bonds. The van der Waals surface area contributed by atoms with Crippen LogP contribution in [0, 0.1) is 10.5 Å². The van der Waals surface area contributed by atoms with Gasteiger partial charge in [0.1, 0.15) is 5.58 Å². The maximum absolute atomic E-state index is 12.4. The van der Waals surface area contributed by atoms with Crippen LogP contribution in [0.2, 0.25) is 5.02 Å². The lowest BCUT2D eigenvalue weighted by Crippen LogP contribution is -2.10. The number of rotatable bonds is 1. The molecule has 0 spiro atoms. The Morgan fingerprint density at radius 2 is 2.00 bits per heavy atom. The van der Waals surface area contributed by atoms with E-state index in [1.54, 1.807) is 6.07 Å². The molecule has 0 radical (unpaired) electrons. The van der Waals surface area contributed by atoms with Crippen molar-refractivity contribution in [3.63, 3.8) is 0 Å². The Kier molecular flexibility index (Phi) is 3.46. The Labute approximate surface area is 150 Å². The minimum Gasteiger partial charge on any atom is -0.454 e. The van der Waals surface area contributed by atoms with Gasteiger partial charge in [-0.1, -0.05) is 23.7 Å².